The van der Waals surface area contributed by atoms with Crippen LogP contribution in [0.25, 0.3) is 16.8 Å². The molecule has 0 amide bonds. The van der Waals surface area contributed by atoms with Crippen molar-refractivity contribution in [3.8, 4) is 11.3 Å². The first kappa shape index (κ1) is 13.4. The van der Waals surface area contributed by atoms with Crippen molar-refractivity contribution < 1.29 is 4.39 Å². The van der Waals surface area contributed by atoms with Gasteiger partial charge in [-0.05, 0) is 48.6 Å². The summed E-state index contributed by atoms with van der Waals surface area (Å²) in [5.74, 6) is -0.184. The largest absolute Gasteiger partial charge is 0.324 e. The molecule has 3 aromatic rings. The number of rotatable bonds is 1. The highest BCUT2D eigenvalue weighted by Crippen LogP contribution is 2.34. The van der Waals surface area contributed by atoms with E-state index in [2.05, 4.69) is 10.1 Å². The van der Waals surface area contributed by atoms with Crippen molar-refractivity contribution in [2.75, 3.05) is 0 Å². The molecule has 2 aromatic heterocycles. The first-order valence-electron chi connectivity index (χ1n) is 7.61. The molecule has 2 N–H and O–H groups in total. The molecule has 0 saturated heterocycles. The first-order valence-corrected chi connectivity index (χ1v) is 7.61. The van der Waals surface area contributed by atoms with Crippen LogP contribution in [0.5, 0.6) is 0 Å². The Bertz CT molecular complexity index is 840. The quantitative estimate of drug-likeness (QED) is 0.701. The van der Waals surface area contributed by atoms with Crippen LogP contribution in [0.2, 0.25) is 0 Å². The fraction of sp³-hybridized carbons (Fsp3) is 0.294. The van der Waals surface area contributed by atoms with Crippen LogP contribution >= 0.6 is 0 Å². The zero-order valence-electron chi connectivity index (χ0n) is 12.2. The second-order valence-corrected chi connectivity index (χ2v) is 5.79. The minimum absolute atomic E-state index is 0.0697. The van der Waals surface area contributed by atoms with Gasteiger partial charge in [0.2, 0.25) is 0 Å². The predicted octanol–water partition coefficient (Wildman–Crippen LogP) is 3.26. The lowest BCUT2D eigenvalue weighted by molar-refractivity contribution is 0.606. The van der Waals surface area contributed by atoms with Gasteiger partial charge in [0.05, 0.1) is 5.52 Å². The summed E-state index contributed by atoms with van der Waals surface area (Å²) < 4.78 is 16.8. The average Bonchev–Trinajstić information content (AvgIpc) is 2.93. The fourth-order valence-electron chi connectivity index (χ4n) is 3.32. The smallest absolute Gasteiger partial charge is 0.137 e. The van der Waals surface area contributed by atoms with Crippen LogP contribution in [-0.4, -0.2) is 14.6 Å². The van der Waals surface area contributed by atoms with E-state index in [0.717, 1.165) is 42.3 Å². The lowest BCUT2D eigenvalue weighted by atomic mass is 9.95. The van der Waals surface area contributed by atoms with E-state index in [-0.39, 0.29) is 11.9 Å². The molecule has 1 aromatic carbocycles. The third-order valence-corrected chi connectivity index (χ3v) is 4.46. The van der Waals surface area contributed by atoms with Crippen molar-refractivity contribution in [1.82, 2.24) is 14.6 Å². The number of nitrogens with zero attached hydrogens (tertiary/aromatic N) is 3. The molecule has 0 fully saturated rings. The van der Waals surface area contributed by atoms with Gasteiger partial charge in [0.15, 0.2) is 0 Å². The van der Waals surface area contributed by atoms with Gasteiger partial charge in [-0.3, -0.25) is 0 Å². The molecule has 0 spiro atoms. The highest BCUT2D eigenvalue weighted by molar-refractivity contribution is 5.77. The number of nitrogens with two attached hydrogens (primary N) is 1. The summed E-state index contributed by atoms with van der Waals surface area (Å²) in [5.41, 5.74) is 9.84. The van der Waals surface area contributed by atoms with Gasteiger partial charge in [-0.2, -0.15) is 5.10 Å². The lowest BCUT2D eigenvalue weighted by Crippen LogP contribution is -2.12. The first-order chi connectivity index (χ1) is 10.8. The highest BCUT2D eigenvalue weighted by atomic mass is 19.1. The van der Waals surface area contributed by atoms with Crippen molar-refractivity contribution in [3.63, 3.8) is 0 Å². The van der Waals surface area contributed by atoms with Crippen molar-refractivity contribution in [1.29, 1.82) is 0 Å². The Morgan fingerprint density at radius 1 is 1.23 bits per heavy atom. The Kier molecular flexibility index (Phi) is 3.15. The van der Waals surface area contributed by atoms with E-state index in [9.17, 15) is 0 Å². The van der Waals surface area contributed by atoms with E-state index >= 15 is 4.39 Å². The molecule has 0 radical (unpaired) electrons. The van der Waals surface area contributed by atoms with Gasteiger partial charge in [0.25, 0.3) is 0 Å². The van der Waals surface area contributed by atoms with Gasteiger partial charge in [-0.15, -0.1) is 0 Å². The van der Waals surface area contributed by atoms with Gasteiger partial charge in [-0.1, -0.05) is 12.5 Å². The van der Waals surface area contributed by atoms with Gasteiger partial charge in [0.1, 0.15) is 17.8 Å². The Hall–Kier alpha value is -2.27. The lowest BCUT2D eigenvalue weighted by Gasteiger charge is -2.15. The number of benzene rings is 1. The zero-order chi connectivity index (χ0) is 15.1. The van der Waals surface area contributed by atoms with Crippen LogP contribution in [0.15, 0.2) is 36.8 Å². The number of fused-ring (bicyclic) bond motifs is 2. The monoisotopic (exact) mass is 296 g/mol. The maximum absolute atomic E-state index is 15.1. The maximum atomic E-state index is 15.1. The Balaban J connectivity index is 1.93. The number of hydrogen-bond acceptors (Lipinski definition) is 3. The molecule has 2 heterocycles. The van der Waals surface area contributed by atoms with Gasteiger partial charge >= 0.3 is 0 Å². The Morgan fingerprint density at radius 3 is 3.05 bits per heavy atom. The summed E-state index contributed by atoms with van der Waals surface area (Å²) in [6, 6.07) is 7.47. The second kappa shape index (κ2) is 5.18. The van der Waals surface area contributed by atoms with E-state index in [4.69, 9.17) is 5.73 Å². The molecule has 4 rings (SSSR count). The molecule has 22 heavy (non-hydrogen) atoms. The van der Waals surface area contributed by atoms with E-state index < -0.39 is 0 Å². The minimum Gasteiger partial charge on any atom is -0.324 e. The molecule has 1 aliphatic rings. The van der Waals surface area contributed by atoms with Crippen LogP contribution in [0.4, 0.5) is 4.39 Å². The standard InChI is InChI=1S/C17H17FN4/c18-16-12-4-1-2-5-14(19)11(12)7-8-13(16)17-15-6-3-9-22(15)21-10-20-17/h3,6-10,14H,1-2,4-5,19H2/t14-/m1/s1. The van der Waals surface area contributed by atoms with Crippen LogP contribution < -0.4 is 5.73 Å². The van der Waals surface area contributed by atoms with Gasteiger partial charge in [0, 0.05) is 17.8 Å². The molecule has 5 heteroatoms. The molecule has 1 atom stereocenters. The Labute approximate surface area is 127 Å². The third kappa shape index (κ3) is 2.01. The van der Waals surface area contributed by atoms with Crippen molar-refractivity contribution in [3.05, 3.63) is 53.7 Å². The van der Waals surface area contributed by atoms with Crippen LogP contribution in [0.1, 0.15) is 36.4 Å². The van der Waals surface area contributed by atoms with Crippen LogP contribution in [0, 0.1) is 5.82 Å². The molecule has 0 unspecified atom stereocenters. The zero-order valence-corrected chi connectivity index (χ0v) is 12.2. The molecule has 4 nitrogen and oxygen atoms in total. The summed E-state index contributed by atoms with van der Waals surface area (Å²) in [7, 11) is 0. The fourth-order valence-corrected chi connectivity index (χ4v) is 3.32. The van der Waals surface area contributed by atoms with Crippen molar-refractivity contribution >= 4 is 5.52 Å². The van der Waals surface area contributed by atoms with Gasteiger partial charge < -0.3 is 5.73 Å². The molecular weight excluding hydrogens is 279 g/mol. The maximum Gasteiger partial charge on any atom is 0.137 e. The Morgan fingerprint density at radius 2 is 2.14 bits per heavy atom. The summed E-state index contributed by atoms with van der Waals surface area (Å²) >= 11 is 0. The van der Waals surface area contributed by atoms with Crippen LogP contribution in [0.3, 0.4) is 0 Å². The molecule has 0 aliphatic heterocycles. The van der Waals surface area contributed by atoms with Crippen molar-refractivity contribution in [2.24, 2.45) is 5.73 Å². The molecule has 0 saturated carbocycles. The predicted molar refractivity (Wildman–Crippen MR) is 82.9 cm³/mol. The summed E-state index contributed by atoms with van der Waals surface area (Å²) in [5, 5.41) is 4.13. The molecular formula is C17H17FN4. The highest BCUT2D eigenvalue weighted by Gasteiger charge is 2.22. The minimum atomic E-state index is -0.184. The molecule has 1 aliphatic carbocycles. The SMILES string of the molecule is N[C@@H]1CCCCc2c1ccc(-c1ncnn3cccc13)c2F. The average molecular weight is 296 g/mol. The number of aromatic nitrogens is 3. The van der Waals surface area contributed by atoms with E-state index in [0.29, 0.717) is 11.3 Å². The molecule has 112 valence electrons. The van der Waals surface area contributed by atoms with E-state index in [1.165, 1.54) is 6.33 Å². The molecule has 0 bridgehead atoms. The number of hydrogen-bond donors (Lipinski definition) is 1. The summed E-state index contributed by atoms with van der Waals surface area (Å²) in [6.07, 6.45) is 6.97. The van der Waals surface area contributed by atoms with Crippen LogP contribution in [-0.2, 0) is 6.42 Å². The number of halogens is 1. The van der Waals surface area contributed by atoms with Gasteiger partial charge in [-0.25, -0.2) is 13.9 Å². The summed E-state index contributed by atoms with van der Waals surface area (Å²) in [4.78, 5) is 4.30. The van der Waals surface area contributed by atoms with E-state index in [1.807, 2.05) is 24.4 Å². The summed E-state index contributed by atoms with van der Waals surface area (Å²) in [6.45, 7) is 0. The second-order valence-electron chi connectivity index (χ2n) is 5.79. The van der Waals surface area contributed by atoms with E-state index in [1.54, 1.807) is 10.6 Å². The normalized spacial score (nSPS) is 18.2. The van der Waals surface area contributed by atoms with Crippen molar-refractivity contribution in [2.45, 2.75) is 31.7 Å². The topological polar surface area (TPSA) is 56.2 Å². The third-order valence-electron chi connectivity index (χ3n) is 4.46.